The molecule has 0 bridgehead atoms. The molecule has 7 nitrogen and oxygen atoms in total. The number of fused-ring (bicyclic) bond motifs is 2. The molecule has 1 aliphatic heterocycles. The maximum Gasteiger partial charge on any atom is 0.328 e. The highest BCUT2D eigenvalue weighted by molar-refractivity contribution is 6.31. The molecule has 1 amide bonds. The lowest BCUT2D eigenvalue weighted by molar-refractivity contribution is -0.131. The molecular formula is C23H26ClN3O4. The van der Waals surface area contributed by atoms with Crippen molar-refractivity contribution >= 4 is 40.5 Å². The summed E-state index contributed by atoms with van der Waals surface area (Å²) in [6.45, 7) is 2.20. The number of amides is 1. The Kier molecular flexibility index (Phi) is 8.06. The van der Waals surface area contributed by atoms with Crippen LogP contribution < -0.4 is 15.1 Å². The highest BCUT2D eigenvalue weighted by Gasteiger charge is 2.30. The zero-order valence-electron chi connectivity index (χ0n) is 17.1. The van der Waals surface area contributed by atoms with Gasteiger partial charge in [0.25, 0.3) is 5.91 Å². The molecule has 31 heavy (non-hydrogen) atoms. The standard InChI is InChI=1S/C23H26ClN3O4/c24-17-9-10-20-21(16-17)26(13-4-12-25-11-3-8-22(29)30)19-7-2-1-6-18(19)23(31)27(20)14-5-15-28/h1-3,6-10,16,25,28H,4-5,11-15H2,(H,29,30)/b8-3+. The summed E-state index contributed by atoms with van der Waals surface area (Å²) in [6.07, 6.45) is 3.93. The third-order valence-electron chi connectivity index (χ3n) is 4.99. The van der Waals surface area contributed by atoms with Crippen molar-refractivity contribution in [3.63, 3.8) is 0 Å². The van der Waals surface area contributed by atoms with Gasteiger partial charge < -0.3 is 25.3 Å². The number of para-hydroxylation sites is 1. The largest absolute Gasteiger partial charge is 0.478 e. The van der Waals surface area contributed by atoms with Crippen LogP contribution in [0.3, 0.4) is 0 Å². The number of aliphatic hydroxyl groups is 1. The average Bonchev–Trinajstić information content (AvgIpc) is 2.85. The van der Waals surface area contributed by atoms with E-state index in [9.17, 15) is 14.7 Å². The van der Waals surface area contributed by atoms with Crippen LogP contribution in [0.2, 0.25) is 5.02 Å². The summed E-state index contributed by atoms with van der Waals surface area (Å²) in [5.41, 5.74) is 3.02. The van der Waals surface area contributed by atoms with Crippen LogP contribution in [0, 0.1) is 0 Å². The fourth-order valence-electron chi connectivity index (χ4n) is 3.61. The molecule has 1 aliphatic rings. The molecule has 0 fully saturated rings. The molecule has 0 radical (unpaired) electrons. The maximum absolute atomic E-state index is 13.4. The second-order valence-corrected chi connectivity index (χ2v) is 7.57. The third kappa shape index (κ3) is 5.64. The van der Waals surface area contributed by atoms with E-state index in [1.807, 2.05) is 36.4 Å². The smallest absolute Gasteiger partial charge is 0.328 e. The second kappa shape index (κ2) is 10.9. The first-order valence-electron chi connectivity index (χ1n) is 10.2. The summed E-state index contributed by atoms with van der Waals surface area (Å²) in [7, 11) is 0. The molecular weight excluding hydrogens is 418 g/mol. The van der Waals surface area contributed by atoms with E-state index >= 15 is 0 Å². The number of nitrogens with one attached hydrogen (secondary N) is 1. The molecule has 3 N–H and O–H groups in total. The van der Waals surface area contributed by atoms with Gasteiger partial charge >= 0.3 is 5.97 Å². The topological polar surface area (TPSA) is 93.1 Å². The molecule has 164 valence electrons. The summed E-state index contributed by atoms with van der Waals surface area (Å²) in [4.78, 5) is 27.7. The molecule has 0 saturated heterocycles. The number of hydrogen-bond donors (Lipinski definition) is 3. The molecule has 0 saturated carbocycles. The van der Waals surface area contributed by atoms with Crippen LogP contribution >= 0.6 is 11.6 Å². The predicted octanol–water partition coefficient (Wildman–Crippen LogP) is 3.44. The lowest BCUT2D eigenvalue weighted by Crippen LogP contribution is -2.31. The number of nitrogens with zero attached hydrogens (tertiary/aromatic N) is 2. The number of carbonyl (C=O) groups is 2. The molecule has 1 heterocycles. The monoisotopic (exact) mass is 443 g/mol. The summed E-state index contributed by atoms with van der Waals surface area (Å²) < 4.78 is 0. The summed E-state index contributed by atoms with van der Waals surface area (Å²) >= 11 is 6.32. The Labute approximate surface area is 186 Å². The summed E-state index contributed by atoms with van der Waals surface area (Å²) in [5.74, 6) is -1.07. The van der Waals surface area contributed by atoms with E-state index in [1.165, 1.54) is 0 Å². The van der Waals surface area contributed by atoms with Gasteiger partial charge in [-0.2, -0.15) is 0 Å². The first kappa shape index (κ1) is 22.8. The average molecular weight is 444 g/mol. The van der Waals surface area contributed by atoms with Crippen molar-refractivity contribution in [2.75, 3.05) is 42.6 Å². The number of carbonyl (C=O) groups excluding carboxylic acids is 1. The van der Waals surface area contributed by atoms with Crippen molar-refractivity contribution in [1.82, 2.24) is 5.32 Å². The van der Waals surface area contributed by atoms with Gasteiger partial charge in [0.2, 0.25) is 0 Å². The minimum absolute atomic E-state index is 0.0000578. The quantitative estimate of drug-likeness (QED) is 0.385. The van der Waals surface area contributed by atoms with Gasteiger partial charge in [-0.3, -0.25) is 4.79 Å². The van der Waals surface area contributed by atoms with Crippen LogP contribution in [0.25, 0.3) is 0 Å². The van der Waals surface area contributed by atoms with Gasteiger partial charge in [0.15, 0.2) is 0 Å². The molecule has 0 unspecified atom stereocenters. The van der Waals surface area contributed by atoms with Crippen LogP contribution in [-0.2, 0) is 4.79 Å². The minimum atomic E-state index is -0.966. The normalized spacial score (nSPS) is 13.3. The Hall–Kier alpha value is -2.87. The van der Waals surface area contributed by atoms with Crippen molar-refractivity contribution in [3.8, 4) is 0 Å². The fraction of sp³-hybridized carbons (Fsp3) is 0.304. The van der Waals surface area contributed by atoms with Crippen molar-refractivity contribution in [2.45, 2.75) is 12.8 Å². The summed E-state index contributed by atoms with van der Waals surface area (Å²) in [5, 5.41) is 21.7. The van der Waals surface area contributed by atoms with Gasteiger partial charge in [-0.1, -0.05) is 29.8 Å². The number of aliphatic hydroxyl groups excluding tert-OH is 1. The zero-order chi connectivity index (χ0) is 22.2. The van der Waals surface area contributed by atoms with E-state index in [0.717, 1.165) is 29.6 Å². The molecule has 3 rings (SSSR count). The van der Waals surface area contributed by atoms with E-state index < -0.39 is 5.97 Å². The third-order valence-corrected chi connectivity index (χ3v) is 5.22. The second-order valence-electron chi connectivity index (χ2n) is 7.13. The Morgan fingerprint density at radius 3 is 2.58 bits per heavy atom. The SMILES string of the molecule is O=C(O)/C=C/CNCCCN1c2ccccc2C(=O)N(CCCO)c2ccc(Cl)cc21. The lowest BCUT2D eigenvalue weighted by Gasteiger charge is -2.28. The van der Waals surface area contributed by atoms with Gasteiger partial charge in [-0.15, -0.1) is 0 Å². The highest BCUT2D eigenvalue weighted by Crippen LogP contribution is 2.42. The number of benzene rings is 2. The number of halogens is 1. The van der Waals surface area contributed by atoms with Crippen LogP contribution in [0.1, 0.15) is 23.2 Å². The van der Waals surface area contributed by atoms with E-state index in [-0.39, 0.29) is 12.5 Å². The first-order chi connectivity index (χ1) is 15.0. The van der Waals surface area contributed by atoms with Crippen LogP contribution in [0.5, 0.6) is 0 Å². The summed E-state index contributed by atoms with van der Waals surface area (Å²) in [6, 6.07) is 13.0. The van der Waals surface area contributed by atoms with Crippen LogP contribution in [0.15, 0.2) is 54.6 Å². The van der Waals surface area contributed by atoms with Crippen molar-refractivity contribution in [1.29, 1.82) is 0 Å². The molecule has 0 aliphatic carbocycles. The number of aliphatic carboxylic acids is 1. The van der Waals surface area contributed by atoms with Crippen LogP contribution in [0.4, 0.5) is 17.1 Å². The predicted molar refractivity (Wildman–Crippen MR) is 123 cm³/mol. The zero-order valence-corrected chi connectivity index (χ0v) is 17.9. The molecule has 8 heteroatoms. The molecule has 0 atom stereocenters. The fourth-order valence-corrected chi connectivity index (χ4v) is 3.78. The molecule has 0 spiro atoms. The number of carboxylic acid groups (broad SMARTS) is 1. The number of hydrogen-bond acceptors (Lipinski definition) is 5. The van der Waals surface area contributed by atoms with Crippen LogP contribution in [-0.4, -0.2) is 54.9 Å². The first-order valence-corrected chi connectivity index (χ1v) is 10.6. The molecule has 2 aromatic rings. The van der Waals surface area contributed by atoms with E-state index in [2.05, 4.69) is 10.2 Å². The van der Waals surface area contributed by atoms with E-state index in [1.54, 1.807) is 17.0 Å². The van der Waals surface area contributed by atoms with Gasteiger partial charge in [0, 0.05) is 37.3 Å². The Balaban J connectivity index is 1.87. The minimum Gasteiger partial charge on any atom is -0.478 e. The Morgan fingerprint density at radius 1 is 1.03 bits per heavy atom. The number of rotatable bonds is 10. The number of anilines is 3. The Morgan fingerprint density at radius 2 is 1.81 bits per heavy atom. The van der Waals surface area contributed by atoms with E-state index in [4.69, 9.17) is 16.7 Å². The lowest BCUT2D eigenvalue weighted by atomic mass is 10.1. The van der Waals surface area contributed by atoms with Crippen molar-refractivity contribution in [3.05, 3.63) is 65.2 Å². The van der Waals surface area contributed by atoms with Gasteiger partial charge in [0.05, 0.1) is 22.6 Å². The molecule has 0 aromatic heterocycles. The Bertz CT molecular complexity index is 964. The number of carboxylic acids is 1. The van der Waals surface area contributed by atoms with Gasteiger partial charge in [-0.25, -0.2) is 4.79 Å². The highest BCUT2D eigenvalue weighted by atomic mass is 35.5. The van der Waals surface area contributed by atoms with Crippen molar-refractivity contribution in [2.24, 2.45) is 0 Å². The van der Waals surface area contributed by atoms with Gasteiger partial charge in [-0.05, 0) is 49.7 Å². The van der Waals surface area contributed by atoms with E-state index in [0.29, 0.717) is 43.2 Å². The molecule has 2 aromatic carbocycles. The van der Waals surface area contributed by atoms with Gasteiger partial charge in [0.1, 0.15) is 0 Å². The van der Waals surface area contributed by atoms with Crippen molar-refractivity contribution < 1.29 is 19.8 Å². The maximum atomic E-state index is 13.4.